The topological polar surface area (TPSA) is 193 Å². The van der Waals surface area contributed by atoms with Crippen LogP contribution in [-0.4, -0.2) is 99.3 Å². The average molecular weight is 508 g/mol. The Labute approximate surface area is 207 Å². The number of aliphatic hydroxyl groups excluding tert-OH is 2. The lowest BCUT2D eigenvalue weighted by Gasteiger charge is -2.60. The minimum atomic E-state index is -2.79. The summed E-state index contributed by atoms with van der Waals surface area (Å²) in [5.41, 5.74) is -16.7. The summed E-state index contributed by atoms with van der Waals surface area (Å²) in [6.07, 6.45) is -1.52. The van der Waals surface area contributed by atoms with Crippen LogP contribution >= 0.6 is 0 Å². The maximum atomic E-state index is 13.2. The predicted octanol–water partition coefficient (Wildman–Crippen LogP) is -1.30. The first kappa shape index (κ1) is 24.5. The predicted molar refractivity (Wildman–Crippen MR) is 120 cm³/mol. The van der Waals surface area contributed by atoms with Gasteiger partial charge in [-0.15, -0.1) is 0 Å². The number of rotatable bonds is 4. The van der Waals surface area contributed by atoms with Gasteiger partial charge in [0.05, 0.1) is 17.4 Å². The Morgan fingerprint density at radius 1 is 1.25 bits per heavy atom. The summed E-state index contributed by atoms with van der Waals surface area (Å²) in [6.45, 7) is 5.02. The molecule has 3 saturated carbocycles. The molecular formula is C25H33NO10. The molecule has 6 bridgehead atoms. The van der Waals surface area contributed by atoms with Crippen molar-refractivity contribution >= 4 is 5.97 Å². The molecule has 36 heavy (non-hydrogen) atoms. The largest absolute Gasteiger partial charge is 0.451 e. The molecule has 6 aliphatic rings. The highest BCUT2D eigenvalue weighted by Crippen LogP contribution is 2.90. The van der Waals surface area contributed by atoms with Crippen molar-refractivity contribution in [1.82, 2.24) is 4.98 Å². The zero-order valence-corrected chi connectivity index (χ0v) is 20.5. The Balaban J connectivity index is 1.72. The van der Waals surface area contributed by atoms with Crippen LogP contribution < -0.4 is 0 Å². The van der Waals surface area contributed by atoms with Crippen LogP contribution in [0.1, 0.15) is 51.0 Å². The van der Waals surface area contributed by atoms with E-state index in [2.05, 4.69) is 4.98 Å². The molecule has 0 radical (unpaired) electrons. The smallest absolute Gasteiger partial charge is 0.355 e. The van der Waals surface area contributed by atoms with E-state index in [0.29, 0.717) is 5.57 Å². The molecule has 5 fully saturated rings. The lowest BCUT2D eigenvalue weighted by Crippen LogP contribution is -2.74. The minimum Gasteiger partial charge on any atom is -0.451 e. The maximum absolute atomic E-state index is 13.2. The summed E-state index contributed by atoms with van der Waals surface area (Å²) in [5, 5.41) is 84.7. The Hall–Kier alpha value is -1.83. The van der Waals surface area contributed by atoms with E-state index in [1.54, 1.807) is 26.8 Å². The zero-order valence-electron chi connectivity index (χ0n) is 20.5. The van der Waals surface area contributed by atoms with Crippen molar-refractivity contribution < 1.29 is 50.0 Å². The Morgan fingerprint density at radius 3 is 2.47 bits per heavy atom. The molecule has 11 heteroatoms. The second-order valence-corrected chi connectivity index (χ2v) is 11.9. The van der Waals surface area contributed by atoms with Gasteiger partial charge < -0.3 is 50.2 Å². The normalized spacial score (nSPS) is 56.3. The summed E-state index contributed by atoms with van der Waals surface area (Å²) in [6, 6.07) is 2.97. The number of esters is 1. The second kappa shape index (κ2) is 6.24. The quantitative estimate of drug-likeness (QED) is 0.179. The van der Waals surface area contributed by atoms with Crippen LogP contribution in [0.4, 0.5) is 0 Å². The number of aliphatic hydroxyl groups is 7. The van der Waals surface area contributed by atoms with Crippen LogP contribution in [0.3, 0.4) is 0 Å². The van der Waals surface area contributed by atoms with Gasteiger partial charge in [0.15, 0.2) is 17.5 Å². The second-order valence-electron chi connectivity index (χ2n) is 11.9. The third kappa shape index (κ3) is 1.74. The molecule has 0 unspecified atom stereocenters. The lowest BCUT2D eigenvalue weighted by atomic mass is 9.52. The fraction of sp³-hybridized carbons (Fsp3) is 0.720. The third-order valence-electron chi connectivity index (χ3n) is 10.9. The van der Waals surface area contributed by atoms with Crippen molar-refractivity contribution in [1.29, 1.82) is 0 Å². The van der Waals surface area contributed by atoms with Crippen molar-refractivity contribution in [3.63, 3.8) is 0 Å². The molecule has 7 rings (SSSR count). The van der Waals surface area contributed by atoms with Gasteiger partial charge in [-0.25, -0.2) is 4.79 Å². The van der Waals surface area contributed by atoms with Crippen molar-refractivity contribution in [2.24, 2.45) is 16.7 Å². The van der Waals surface area contributed by atoms with Gasteiger partial charge in [0.2, 0.25) is 0 Å². The number of H-pyrrole nitrogens is 1. The van der Waals surface area contributed by atoms with Crippen LogP contribution in [-0.2, 0) is 9.47 Å². The fourth-order valence-electron chi connectivity index (χ4n) is 9.25. The zero-order chi connectivity index (χ0) is 26.5. The van der Waals surface area contributed by atoms with Crippen LogP contribution in [0.15, 0.2) is 30.0 Å². The highest BCUT2D eigenvalue weighted by Gasteiger charge is 3.10. The van der Waals surface area contributed by atoms with Gasteiger partial charge in [-0.2, -0.15) is 0 Å². The van der Waals surface area contributed by atoms with E-state index >= 15 is 0 Å². The Kier molecular flexibility index (Phi) is 4.25. The molecule has 10 atom stereocenters. The molecule has 0 amide bonds. The standard InChI is InChI=1S/C25H33NO10/c1-12(2)22(32)17(35-16(29)14-6-5-9-26-14)23(33)19(11-27)10-21(31)18(22,4)25(23,34)24(36-21)15(28)13(3)7-8-20(19,24)30/h5-7,9,12,15,17,26-28,30-34H,8,10-11H2,1-4H3/t15-,17+,18-,19+,20-,21+,22+,23+,24+,25+/m0/s1. The van der Waals surface area contributed by atoms with Crippen molar-refractivity contribution in [2.75, 3.05) is 6.61 Å². The van der Waals surface area contributed by atoms with Gasteiger partial charge >= 0.3 is 5.97 Å². The van der Waals surface area contributed by atoms with Crippen LogP contribution in [0.25, 0.3) is 0 Å². The molecule has 1 spiro atoms. The van der Waals surface area contributed by atoms with Gasteiger partial charge in [-0.1, -0.05) is 19.9 Å². The van der Waals surface area contributed by atoms with Crippen molar-refractivity contribution in [2.45, 2.75) is 86.5 Å². The summed E-state index contributed by atoms with van der Waals surface area (Å²) in [4.78, 5) is 15.9. The summed E-state index contributed by atoms with van der Waals surface area (Å²) in [7, 11) is 0. The highest BCUT2D eigenvalue weighted by atomic mass is 16.7. The van der Waals surface area contributed by atoms with Gasteiger partial charge in [0.25, 0.3) is 0 Å². The average Bonchev–Trinajstić information content (AvgIpc) is 3.45. The molecule has 11 nitrogen and oxygen atoms in total. The van der Waals surface area contributed by atoms with Crippen LogP contribution in [0.2, 0.25) is 0 Å². The van der Waals surface area contributed by atoms with Gasteiger partial charge in [0.1, 0.15) is 34.2 Å². The first-order valence-corrected chi connectivity index (χ1v) is 12.2. The SMILES string of the molecule is CC1=CC[C@]2(O)[C@]3(CO)C[C@@]4(O)O[C@@]2([C@H]1O)[C@]1(O)[C@@]3(O)[C@H](OC(=O)c2ccc[nH]2)[C@](O)(C(C)C)[C@@]14C. The van der Waals surface area contributed by atoms with E-state index in [0.717, 1.165) is 0 Å². The minimum absolute atomic E-state index is 0.000602. The van der Waals surface area contributed by atoms with Crippen LogP contribution in [0.5, 0.6) is 0 Å². The fourth-order valence-corrected chi connectivity index (χ4v) is 9.25. The summed E-state index contributed by atoms with van der Waals surface area (Å²) >= 11 is 0. The highest BCUT2D eigenvalue weighted by molar-refractivity contribution is 5.87. The molecule has 3 heterocycles. The van der Waals surface area contributed by atoms with E-state index in [-0.39, 0.29) is 12.1 Å². The lowest BCUT2D eigenvalue weighted by molar-refractivity contribution is -0.386. The first-order chi connectivity index (χ1) is 16.6. The number of aromatic nitrogens is 1. The number of ether oxygens (including phenoxy) is 2. The molecule has 0 aromatic carbocycles. The molecule has 8 N–H and O–H groups in total. The molecule has 1 aromatic heterocycles. The molecule has 2 saturated heterocycles. The number of carbonyl (C=O) groups excluding carboxylic acids is 1. The Morgan fingerprint density at radius 2 is 1.92 bits per heavy atom. The molecule has 1 aromatic rings. The van der Waals surface area contributed by atoms with E-state index in [1.165, 1.54) is 25.3 Å². The molecule has 4 aliphatic carbocycles. The maximum Gasteiger partial charge on any atom is 0.355 e. The first-order valence-electron chi connectivity index (χ1n) is 12.2. The monoisotopic (exact) mass is 507 g/mol. The van der Waals surface area contributed by atoms with Crippen molar-refractivity contribution in [3.05, 3.63) is 35.7 Å². The van der Waals surface area contributed by atoms with Crippen molar-refractivity contribution in [3.8, 4) is 0 Å². The van der Waals surface area contributed by atoms with Gasteiger partial charge in [-0.05, 0) is 43.9 Å². The van der Waals surface area contributed by atoms with Gasteiger partial charge in [0, 0.05) is 12.6 Å². The Bertz CT molecular complexity index is 1200. The number of carbonyl (C=O) groups is 1. The number of hydrogen-bond donors (Lipinski definition) is 8. The molecule has 2 aliphatic heterocycles. The number of nitrogens with one attached hydrogen (secondary N) is 1. The third-order valence-corrected chi connectivity index (χ3v) is 10.9. The summed E-state index contributed by atoms with van der Waals surface area (Å²) in [5.74, 6) is -4.25. The van der Waals surface area contributed by atoms with Gasteiger partial charge in [-0.3, -0.25) is 0 Å². The van der Waals surface area contributed by atoms with E-state index in [4.69, 9.17) is 9.47 Å². The molecular weight excluding hydrogens is 474 g/mol. The molecule has 198 valence electrons. The number of hydrogen-bond acceptors (Lipinski definition) is 10. The summed E-state index contributed by atoms with van der Waals surface area (Å²) < 4.78 is 11.9. The van der Waals surface area contributed by atoms with E-state index < -0.39 is 81.7 Å². The van der Waals surface area contributed by atoms with E-state index in [1.807, 2.05) is 0 Å². The van der Waals surface area contributed by atoms with Crippen LogP contribution in [0, 0.1) is 16.7 Å². The van der Waals surface area contributed by atoms with E-state index in [9.17, 15) is 40.5 Å². The number of aromatic amines is 1.